The summed E-state index contributed by atoms with van der Waals surface area (Å²) in [5.74, 6) is 1.10. The summed E-state index contributed by atoms with van der Waals surface area (Å²) in [4.78, 5) is 0.244. The summed E-state index contributed by atoms with van der Waals surface area (Å²) < 4.78 is 56.0. The molecule has 3 aliphatic carbocycles. The molecule has 0 saturated heterocycles. The molecule has 1 aromatic rings. The summed E-state index contributed by atoms with van der Waals surface area (Å²) in [6.45, 7) is 0. The van der Waals surface area contributed by atoms with Crippen molar-refractivity contribution in [2.24, 2.45) is 11.8 Å². The predicted octanol–water partition coefficient (Wildman–Crippen LogP) is 2.76. The molecule has 3 aliphatic rings. The average Bonchev–Trinajstić information content (AvgIpc) is 3.25. The van der Waals surface area contributed by atoms with Gasteiger partial charge in [-0.1, -0.05) is 25.7 Å². The first-order chi connectivity index (χ1) is 12.8. The molecule has 3 atom stereocenters. The summed E-state index contributed by atoms with van der Waals surface area (Å²) in [5, 5.41) is 0. The zero-order valence-electron chi connectivity index (χ0n) is 15.4. The number of benzene rings is 1. The summed E-state index contributed by atoms with van der Waals surface area (Å²) in [6, 6.07) is 5.56. The molecule has 2 bridgehead atoms. The number of hydrogen-bond donors (Lipinski definition) is 2. The van der Waals surface area contributed by atoms with Crippen LogP contribution < -0.4 is 9.44 Å². The van der Waals surface area contributed by atoms with E-state index in [1.54, 1.807) is 0 Å². The highest BCUT2D eigenvalue weighted by Gasteiger charge is 2.41. The Kier molecular flexibility index (Phi) is 5.35. The zero-order valence-corrected chi connectivity index (χ0v) is 17.1. The molecule has 27 heavy (non-hydrogen) atoms. The van der Waals surface area contributed by atoms with Gasteiger partial charge in [-0.15, -0.1) is 0 Å². The Morgan fingerprint density at radius 2 is 1.30 bits per heavy atom. The molecule has 3 saturated carbocycles. The SMILES string of the molecule is O=S(=O)(NC1CCCCC1)c1ccc(S(=O)(=O)N[C@H]2C[C@@H]3CC[C@H]2C3)cc1. The summed E-state index contributed by atoms with van der Waals surface area (Å²) in [5.41, 5.74) is 0. The van der Waals surface area contributed by atoms with Crippen molar-refractivity contribution in [2.75, 3.05) is 0 Å². The second-order valence-electron chi connectivity index (χ2n) is 8.33. The van der Waals surface area contributed by atoms with Crippen LogP contribution >= 0.6 is 0 Å². The van der Waals surface area contributed by atoms with E-state index < -0.39 is 20.0 Å². The van der Waals surface area contributed by atoms with Crippen molar-refractivity contribution < 1.29 is 16.8 Å². The Balaban J connectivity index is 1.44. The van der Waals surface area contributed by atoms with E-state index in [-0.39, 0.29) is 21.9 Å². The third-order valence-electron chi connectivity index (χ3n) is 6.42. The maximum atomic E-state index is 12.7. The Labute approximate surface area is 162 Å². The van der Waals surface area contributed by atoms with Gasteiger partial charge in [0.25, 0.3) is 0 Å². The fourth-order valence-electron chi connectivity index (χ4n) is 4.96. The van der Waals surface area contributed by atoms with Crippen LogP contribution in [0.25, 0.3) is 0 Å². The van der Waals surface area contributed by atoms with Gasteiger partial charge >= 0.3 is 0 Å². The van der Waals surface area contributed by atoms with Gasteiger partial charge in [0.2, 0.25) is 20.0 Å². The number of rotatable bonds is 6. The van der Waals surface area contributed by atoms with E-state index in [2.05, 4.69) is 9.44 Å². The lowest BCUT2D eigenvalue weighted by Crippen LogP contribution is -2.38. The van der Waals surface area contributed by atoms with Crippen LogP contribution in [0.4, 0.5) is 0 Å². The van der Waals surface area contributed by atoms with Crippen molar-refractivity contribution >= 4 is 20.0 Å². The van der Waals surface area contributed by atoms with Crippen LogP contribution in [0.1, 0.15) is 57.8 Å². The molecule has 0 radical (unpaired) electrons. The molecule has 8 heteroatoms. The van der Waals surface area contributed by atoms with Crippen molar-refractivity contribution in [1.82, 2.24) is 9.44 Å². The van der Waals surface area contributed by atoms with Gasteiger partial charge in [-0.2, -0.15) is 0 Å². The number of sulfonamides is 2. The molecule has 3 fully saturated rings. The fraction of sp³-hybridized carbons (Fsp3) is 0.684. The first-order valence-electron chi connectivity index (χ1n) is 9.98. The van der Waals surface area contributed by atoms with E-state index in [9.17, 15) is 16.8 Å². The standard InChI is InChI=1S/C19H28N2O4S2/c22-26(23,20-16-4-2-1-3-5-16)17-8-10-18(11-9-17)27(24,25)21-19-13-14-6-7-15(19)12-14/h8-11,14-16,19-21H,1-7,12-13H2/t14-,15+,19+/m1/s1. The Morgan fingerprint density at radius 3 is 1.81 bits per heavy atom. The van der Waals surface area contributed by atoms with Crippen LogP contribution in [0.15, 0.2) is 34.1 Å². The van der Waals surface area contributed by atoms with Crippen molar-refractivity contribution in [2.45, 2.75) is 79.7 Å². The highest BCUT2D eigenvalue weighted by molar-refractivity contribution is 7.90. The normalized spacial score (nSPS) is 29.3. The molecule has 6 nitrogen and oxygen atoms in total. The van der Waals surface area contributed by atoms with E-state index in [1.165, 1.54) is 30.7 Å². The molecule has 0 heterocycles. The largest absolute Gasteiger partial charge is 0.240 e. The summed E-state index contributed by atoms with van der Waals surface area (Å²) >= 11 is 0. The number of hydrogen-bond acceptors (Lipinski definition) is 4. The van der Waals surface area contributed by atoms with Crippen LogP contribution in [-0.4, -0.2) is 28.9 Å². The van der Waals surface area contributed by atoms with Crippen molar-refractivity contribution in [3.8, 4) is 0 Å². The van der Waals surface area contributed by atoms with Gasteiger partial charge in [0, 0.05) is 12.1 Å². The zero-order chi connectivity index (χ0) is 19.1. The quantitative estimate of drug-likeness (QED) is 0.751. The van der Waals surface area contributed by atoms with E-state index >= 15 is 0 Å². The van der Waals surface area contributed by atoms with Crippen LogP contribution in [0.3, 0.4) is 0 Å². The van der Waals surface area contributed by atoms with Crippen LogP contribution in [0, 0.1) is 11.8 Å². The highest BCUT2D eigenvalue weighted by Crippen LogP contribution is 2.44. The van der Waals surface area contributed by atoms with Crippen molar-refractivity contribution in [1.29, 1.82) is 0 Å². The highest BCUT2D eigenvalue weighted by atomic mass is 32.2. The molecule has 0 amide bonds. The lowest BCUT2D eigenvalue weighted by molar-refractivity contribution is 0.390. The first kappa shape index (κ1) is 19.4. The van der Waals surface area contributed by atoms with Crippen molar-refractivity contribution in [3.05, 3.63) is 24.3 Å². The molecule has 0 aliphatic heterocycles. The maximum absolute atomic E-state index is 12.7. The van der Waals surface area contributed by atoms with Crippen molar-refractivity contribution in [3.63, 3.8) is 0 Å². The smallest absolute Gasteiger partial charge is 0.208 e. The molecule has 1 aromatic carbocycles. The minimum absolute atomic E-state index is 0.0186. The molecule has 4 rings (SSSR count). The fourth-order valence-corrected chi connectivity index (χ4v) is 7.58. The van der Waals surface area contributed by atoms with E-state index in [0.29, 0.717) is 11.8 Å². The van der Waals surface area contributed by atoms with Gasteiger partial charge < -0.3 is 0 Å². The third-order valence-corrected chi connectivity index (χ3v) is 9.46. The molecule has 0 aromatic heterocycles. The molecule has 0 spiro atoms. The number of nitrogens with one attached hydrogen (secondary N) is 2. The Hall–Kier alpha value is -0.960. The summed E-state index contributed by atoms with van der Waals surface area (Å²) in [6.07, 6.45) is 9.31. The molecular formula is C19H28N2O4S2. The second-order valence-corrected chi connectivity index (χ2v) is 11.8. The minimum atomic E-state index is -3.62. The first-order valence-corrected chi connectivity index (χ1v) is 12.9. The maximum Gasteiger partial charge on any atom is 0.240 e. The molecule has 0 unspecified atom stereocenters. The van der Waals surface area contributed by atoms with Crippen LogP contribution in [0.5, 0.6) is 0 Å². The lowest BCUT2D eigenvalue weighted by Gasteiger charge is -2.23. The molecule has 2 N–H and O–H groups in total. The van der Waals surface area contributed by atoms with Gasteiger partial charge in [0.15, 0.2) is 0 Å². The average molecular weight is 413 g/mol. The molecule has 150 valence electrons. The van der Waals surface area contributed by atoms with E-state index in [0.717, 1.165) is 51.4 Å². The third kappa shape index (κ3) is 4.23. The van der Waals surface area contributed by atoms with Gasteiger partial charge in [-0.25, -0.2) is 26.3 Å². The topological polar surface area (TPSA) is 92.3 Å². The Morgan fingerprint density at radius 1 is 0.704 bits per heavy atom. The van der Waals surface area contributed by atoms with Gasteiger partial charge in [0.1, 0.15) is 0 Å². The second kappa shape index (κ2) is 7.46. The van der Waals surface area contributed by atoms with Gasteiger partial charge in [-0.3, -0.25) is 0 Å². The lowest BCUT2D eigenvalue weighted by atomic mass is 9.96. The van der Waals surface area contributed by atoms with Gasteiger partial charge in [-0.05, 0) is 68.2 Å². The van der Waals surface area contributed by atoms with Crippen LogP contribution in [0.2, 0.25) is 0 Å². The molecular weight excluding hydrogens is 384 g/mol. The number of fused-ring (bicyclic) bond motifs is 2. The van der Waals surface area contributed by atoms with Crippen LogP contribution in [-0.2, 0) is 20.0 Å². The minimum Gasteiger partial charge on any atom is -0.208 e. The summed E-state index contributed by atoms with van der Waals surface area (Å²) in [7, 11) is -7.24. The monoisotopic (exact) mass is 412 g/mol. The van der Waals surface area contributed by atoms with E-state index in [4.69, 9.17) is 0 Å². The Bertz CT molecular complexity index is 875. The predicted molar refractivity (Wildman–Crippen MR) is 103 cm³/mol. The van der Waals surface area contributed by atoms with Gasteiger partial charge in [0.05, 0.1) is 9.79 Å². The van der Waals surface area contributed by atoms with E-state index in [1.807, 2.05) is 0 Å².